The van der Waals surface area contributed by atoms with Crippen LogP contribution < -0.4 is 0 Å². The molecule has 0 amide bonds. The van der Waals surface area contributed by atoms with Crippen molar-refractivity contribution in [3.05, 3.63) is 29.6 Å². The number of aromatic carboxylic acids is 1. The third kappa shape index (κ3) is 1.93. The fourth-order valence-corrected chi connectivity index (χ4v) is 2.12. The number of nitrogens with one attached hydrogen (secondary N) is 1. The standard InChI is InChI=1S/C13H13N5O2/c1-3-18-10(4-7(2)17-18)12-15-9-5-8(13(19)20)6-14-11(9)16-12/h4-6H,3H2,1-2H3,(H,19,20)(H,14,15,16). The molecule has 0 fully saturated rings. The van der Waals surface area contributed by atoms with Crippen molar-refractivity contribution in [3.8, 4) is 11.5 Å². The van der Waals surface area contributed by atoms with Gasteiger partial charge < -0.3 is 10.1 Å². The lowest BCUT2D eigenvalue weighted by Crippen LogP contribution is -1.99. The van der Waals surface area contributed by atoms with Crippen molar-refractivity contribution in [2.45, 2.75) is 20.4 Å². The zero-order chi connectivity index (χ0) is 14.3. The lowest BCUT2D eigenvalue weighted by molar-refractivity contribution is 0.0696. The monoisotopic (exact) mass is 271 g/mol. The molecule has 0 aliphatic carbocycles. The number of rotatable bonds is 3. The van der Waals surface area contributed by atoms with Crippen LogP contribution in [0.2, 0.25) is 0 Å². The van der Waals surface area contributed by atoms with Gasteiger partial charge >= 0.3 is 5.97 Å². The first-order valence-electron chi connectivity index (χ1n) is 6.22. The summed E-state index contributed by atoms with van der Waals surface area (Å²) in [5.41, 5.74) is 2.99. The van der Waals surface area contributed by atoms with Crippen molar-refractivity contribution in [2.75, 3.05) is 0 Å². The second-order valence-electron chi connectivity index (χ2n) is 4.47. The van der Waals surface area contributed by atoms with Crippen LogP contribution in [0.3, 0.4) is 0 Å². The number of carboxylic acid groups (broad SMARTS) is 1. The van der Waals surface area contributed by atoms with Crippen LogP contribution in [0.25, 0.3) is 22.7 Å². The highest BCUT2D eigenvalue weighted by molar-refractivity contribution is 5.91. The molecule has 3 heterocycles. The average molecular weight is 271 g/mol. The number of aromatic nitrogens is 5. The highest BCUT2D eigenvalue weighted by atomic mass is 16.4. The van der Waals surface area contributed by atoms with E-state index in [0.29, 0.717) is 17.0 Å². The van der Waals surface area contributed by atoms with Crippen molar-refractivity contribution < 1.29 is 9.90 Å². The van der Waals surface area contributed by atoms with E-state index in [-0.39, 0.29) is 5.56 Å². The van der Waals surface area contributed by atoms with Crippen LogP contribution in [-0.2, 0) is 6.54 Å². The molecule has 0 saturated carbocycles. The molecule has 7 heteroatoms. The Kier molecular flexibility index (Phi) is 2.74. The summed E-state index contributed by atoms with van der Waals surface area (Å²) in [5, 5.41) is 13.3. The number of carboxylic acids is 1. The van der Waals surface area contributed by atoms with E-state index in [1.54, 1.807) is 0 Å². The van der Waals surface area contributed by atoms with Crippen molar-refractivity contribution in [3.63, 3.8) is 0 Å². The lowest BCUT2D eigenvalue weighted by Gasteiger charge is -1.99. The normalized spacial score (nSPS) is 11.1. The first-order valence-corrected chi connectivity index (χ1v) is 6.22. The van der Waals surface area contributed by atoms with E-state index < -0.39 is 5.97 Å². The number of H-pyrrole nitrogens is 1. The quantitative estimate of drug-likeness (QED) is 0.757. The van der Waals surface area contributed by atoms with E-state index >= 15 is 0 Å². The second-order valence-corrected chi connectivity index (χ2v) is 4.47. The van der Waals surface area contributed by atoms with Crippen LogP contribution in [0.15, 0.2) is 18.3 Å². The number of fused-ring (bicyclic) bond motifs is 1. The summed E-state index contributed by atoms with van der Waals surface area (Å²) in [4.78, 5) is 22.5. The first-order chi connectivity index (χ1) is 9.58. The van der Waals surface area contributed by atoms with Gasteiger partial charge in [-0.05, 0) is 26.0 Å². The molecule has 0 aromatic carbocycles. The molecule has 0 aliphatic rings. The number of aromatic amines is 1. The third-order valence-electron chi connectivity index (χ3n) is 3.03. The number of pyridine rings is 1. The van der Waals surface area contributed by atoms with Crippen LogP contribution in [-0.4, -0.2) is 35.8 Å². The first kappa shape index (κ1) is 12.3. The van der Waals surface area contributed by atoms with Crippen molar-refractivity contribution in [1.82, 2.24) is 24.7 Å². The van der Waals surface area contributed by atoms with Gasteiger partial charge in [-0.1, -0.05) is 0 Å². The van der Waals surface area contributed by atoms with Gasteiger partial charge in [-0.25, -0.2) is 14.8 Å². The molecule has 3 aromatic rings. The summed E-state index contributed by atoms with van der Waals surface area (Å²) < 4.78 is 1.84. The minimum Gasteiger partial charge on any atom is -0.478 e. The van der Waals surface area contributed by atoms with E-state index in [0.717, 1.165) is 17.9 Å². The zero-order valence-corrected chi connectivity index (χ0v) is 11.1. The summed E-state index contributed by atoms with van der Waals surface area (Å²) >= 11 is 0. The van der Waals surface area contributed by atoms with Crippen molar-refractivity contribution in [2.24, 2.45) is 0 Å². The topological polar surface area (TPSA) is 96.7 Å². The molecule has 0 spiro atoms. The van der Waals surface area contributed by atoms with Gasteiger partial charge in [-0.3, -0.25) is 4.68 Å². The Morgan fingerprint density at radius 1 is 1.45 bits per heavy atom. The molecule has 0 aliphatic heterocycles. The van der Waals surface area contributed by atoms with Crippen molar-refractivity contribution >= 4 is 17.1 Å². The van der Waals surface area contributed by atoms with Crippen LogP contribution in [0, 0.1) is 6.92 Å². The zero-order valence-electron chi connectivity index (χ0n) is 11.1. The number of imidazole rings is 1. The van der Waals surface area contributed by atoms with Gasteiger partial charge in [-0.15, -0.1) is 0 Å². The Morgan fingerprint density at radius 3 is 2.95 bits per heavy atom. The van der Waals surface area contributed by atoms with Crippen LogP contribution in [0.1, 0.15) is 23.0 Å². The number of carbonyl (C=O) groups is 1. The second kappa shape index (κ2) is 4.44. The molecular formula is C13H13N5O2. The SMILES string of the molecule is CCn1nc(C)cc1-c1nc2ncc(C(=O)O)cc2[nH]1. The van der Waals surface area contributed by atoms with Gasteiger partial charge in [0, 0.05) is 12.7 Å². The molecule has 102 valence electrons. The lowest BCUT2D eigenvalue weighted by atomic mass is 10.3. The predicted octanol–water partition coefficient (Wildman–Crippen LogP) is 1.85. The van der Waals surface area contributed by atoms with E-state index in [4.69, 9.17) is 5.11 Å². The largest absolute Gasteiger partial charge is 0.478 e. The van der Waals surface area contributed by atoms with E-state index in [1.165, 1.54) is 12.3 Å². The minimum atomic E-state index is -1.01. The molecule has 0 radical (unpaired) electrons. The maximum atomic E-state index is 10.9. The van der Waals surface area contributed by atoms with E-state index in [9.17, 15) is 4.79 Å². The van der Waals surface area contributed by atoms with E-state index in [2.05, 4.69) is 20.1 Å². The van der Waals surface area contributed by atoms with Gasteiger partial charge in [0.05, 0.1) is 16.8 Å². The van der Waals surface area contributed by atoms with Crippen LogP contribution in [0.4, 0.5) is 0 Å². The van der Waals surface area contributed by atoms with Crippen molar-refractivity contribution in [1.29, 1.82) is 0 Å². The van der Waals surface area contributed by atoms with Gasteiger partial charge in [0.2, 0.25) is 0 Å². The molecule has 3 aromatic heterocycles. The summed E-state index contributed by atoms with van der Waals surface area (Å²) in [6, 6.07) is 3.46. The van der Waals surface area contributed by atoms with Gasteiger partial charge in [0.15, 0.2) is 11.5 Å². The molecule has 20 heavy (non-hydrogen) atoms. The Hall–Kier alpha value is -2.70. The molecule has 0 unspecified atom stereocenters. The maximum Gasteiger partial charge on any atom is 0.337 e. The van der Waals surface area contributed by atoms with Gasteiger partial charge in [0.1, 0.15) is 5.69 Å². The molecule has 0 saturated heterocycles. The Balaban J connectivity index is 2.15. The summed E-state index contributed by atoms with van der Waals surface area (Å²) in [6.45, 7) is 4.65. The molecular weight excluding hydrogens is 258 g/mol. The Morgan fingerprint density at radius 2 is 2.25 bits per heavy atom. The number of hydrogen-bond donors (Lipinski definition) is 2. The minimum absolute atomic E-state index is 0.132. The average Bonchev–Trinajstić information content (AvgIpc) is 3.00. The number of aryl methyl sites for hydroxylation is 2. The highest BCUT2D eigenvalue weighted by Gasteiger charge is 2.13. The smallest absolute Gasteiger partial charge is 0.337 e. The molecule has 3 rings (SSSR count). The van der Waals surface area contributed by atoms with E-state index in [1.807, 2.05) is 24.6 Å². The highest BCUT2D eigenvalue weighted by Crippen LogP contribution is 2.21. The molecule has 7 nitrogen and oxygen atoms in total. The Bertz CT molecular complexity index is 802. The third-order valence-corrected chi connectivity index (χ3v) is 3.03. The fourth-order valence-electron chi connectivity index (χ4n) is 2.12. The predicted molar refractivity (Wildman–Crippen MR) is 72.5 cm³/mol. The maximum absolute atomic E-state index is 10.9. The summed E-state index contributed by atoms with van der Waals surface area (Å²) in [5.74, 6) is -0.373. The van der Waals surface area contributed by atoms with Gasteiger partial charge in [0.25, 0.3) is 0 Å². The molecule has 2 N–H and O–H groups in total. The van der Waals surface area contributed by atoms with Crippen LogP contribution >= 0.6 is 0 Å². The summed E-state index contributed by atoms with van der Waals surface area (Å²) in [7, 11) is 0. The number of hydrogen-bond acceptors (Lipinski definition) is 4. The molecule has 0 bridgehead atoms. The van der Waals surface area contributed by atoms with Gasteiger partial charge in [-0.2, -0.15) is 5.10 Å². The summed E-state index contributed by atoms with van der Waals surface area (Å²) in [6.07, 6.45) is 1.30. The molecule has 0 atom stereocenters. The Labute approximate surface area is 114 Å². The number of nitrogens with zero attached hydrogens (tertiary/aromatic N) is 4. The van der Waals surface area contributed by atoms with Crippen LogP contribution in [0.5, 0.6) is 0 Å². The fraction of sp³-hybridized carbons (Fsp3) is 0.231.